The van der Waals surface area contributed by atoms with Crippen molar-refractivity contribution in [3.63, 3.8) is 0 Å². The molecule has 0 unspecified atom stereocenters. The number of esters is 1. The first-order valence-corrected chi connectivity index (χ1v) is 3.01. The minimum Gasteiger partial charge on any atom is -0.624 e. The van der Waals surface area contributed by atoms with Crippen molar-refractivity contribution >= 4 is 11.7 Å². The van der Waals surface area contributed by atoms with E-state index in [9.17, 15) is 10.0 Å². The quantitative estimate of drug-likeness (QED) is 0.183. The molecule has 0 aliphatic heterocycles. The highest BCUT2D eigenvalue weighted by molar-refractivity contribution is 6.33. The van der Waals surface area contributed by atoms with Crippen molar-refractivity contribution in [1.82, 2.24) is 0 Å². The highest BCUT2D eigenvalue weighted by Crippen LogP contribution is 1.81. The van der Waals surface area contributed by atoms with Crippen LogP contribution in [-0.2, 0) is 9.53 Å². The Hall–Kier alpha value is -1.06. The summed E-state index contributed by atoms with van der Waals surface area (Å²) < 4.78 is 5.03. The molecule has 0 spiro atoms. The highest BCUT2D eigenvalue weighted by Gasteiger charge is 2.12. The van der Waals surface area contributed by atoms with Crippen molar-refractivity contribution in [2.75, 3.05) is 13.7 Å². The third-order valence-corrected chi connectivity index (χ3v) is 1.04. The molecule has 0 aromatic heterocycles. The van der Waals surface area contributed by atoms with Crippen molar-refractivity contribution in [1.29, 1.82) is 0 Å². The van der Waals surface area contributed by atoms with E-state index in [0.717, 1.165) is 0 Å². The maximum Gasteiger partial charge on any atom is 0.399 e. The van der Waals surface area contributed by atoms with E-state index in [2.05, 4.69) is 4.74 Å². The smallest absolute Gasteiger partial charge is 0.399 e. The molecule has 0 rings (SSSR count). The molecule has 0 radical (unpaired) electrons. The molecule has 0 aromatic rings. The van der Waals surface area contributed by atoms with E-state index < -0.39 is 5.97 Å². The summed E-state index contributed by atoms with van der Waals surface area (Å²) in [5.74, 6) is -0.556. The number of hydroxylamine groups is 1. The Kier molecular flexibility index (Phi) is 3.46. The molecular weight excluding hydrogens is 134 g/mol. The second kappa shape index (κ2) is 3.87. The predicted molar refractivity (Wildman–Crippen MR) is 36.9 cm³/mol. The van der Waals surface area contributed by atoms with Crippen LogP contribution >= 0.6 is 0 Å². The van der Waals surface area contributed by atoms with Crippen LogP contribution < -0.4 is 0 Å². The first-order valence-electron chi connectivity index (χ1n) is 3.01. The Morgan fingerprint density at radius 2 is 2.20 bits per heavy atom. The standard InChI is InChI=1S/C6H11NO3/c1-4-10-6(8)5(2)7(3)9/h4H2,1-3H3/b7-5+. The Morgan fingerprint density at radius 1 is 1.70 bits per heavy atom. The zero-order valence-electron chi connectivity index (χ0n) is 6.38. The van der Waals surface area contributed by atoms with Gasteiger partial charge >= 0.3 is 5.97 Å². The van der Waals surface area contributed by atoms with Gasteiger partial charge < -0.3 is 9.94 Å². The number of hydrogen-bond donors (Lipinski definition) is 0. The van der Waals surface area contributed by atoms with Gasteiger partial charge in [0.05, 0.1) is 6.61 Å². The SMILES string of the molecule is CCOC(=O)/C(C)=[N+](\C)[O-]. The summed E-state index contributed by atoms with van der Waals surface area (Å²) in [6.07, 6.45) is 0. The van der Waals surface area contributed by atoms with Crippen molar-refractivity contribution < 1.29 is 14.3 Å². The third-order valence-electron chi connectivity index (χ3n) is 1.04. The number of rotatable bonds is 2. The van der Waals surface area contributed by atoms with Gasteiger partial charge in [-0.3, -0.25) is 0 Å². The second-order valence-electron chi connectivity index (χ2n) is 1.80. The van der Waals surface area contributed by atoms with Gasteiger partial charge in [-0.05, 0) is 6.92 Å². The fourth-order valence-electron chi connectivity index (χ4n) is 0.364. The van der Waals surface area contributed by atoms with E-state index in [0.29, 0.717) is 11.3 Å². The van der Waals surface area contributed by atoms with Crippen LogP contribution in [0.5, 0.6) is 0 Å². The largest absolute Gasteiger partial charge is 0.624 e. The minimum absolute atomic E-state index is 0.0712. The lowest BCUT2D eigenvalue weighted by molar-refractivity contribution is -0.422. The van der Waals surface area contributed by atoms with Gasteiger partial charge in [-0.2, -0.15) is 0 Å². The number of ether oxygens (including phenoxy) is 1. The molecule has 0 saturated carbocycles. The fourth-order valence-corrected chi connectivity index (χ4v) is 0.364. The molecule has 10 heavy (non-hydrogen) atoms. The van der Waals surface area contributed by atoms with Gasteiger partial charge in [0.25, 0.3) is 5.71 Å². The van der Waals surface area contributed by atoms with Gasteiger partial charge in [-0.1, -0.05) is 0 Å². The average Bonchev–Trinajstić information content (AvgIpc) is 1.87. The van der Waals surface area contributed by atoms with Crippen molar-refractivity contribution in [2.45, 2.75) is 13.8 Å². The van der Waals surface area contributed by atoms with E-state index in [-0.39, 0.29) is 5.71 Å². The molecule has 4 heteroatoms. The van der Waals surface area contributed by atoms with Crippen LogP contribution in [0.1, 0.15) is 13.8 Å². The van der Waals surface area contributed by atoms with Crippen LogP contribution in [0.2, 0.25) is 0 Å². The van der Waals surface area contributed by atoms with Crippen LogP contribution in [0.3, 0.4) is 0 Å². The van der Waals surface area contributed by atoms with E-state index >= 15 is 0 Å². The van der Waals surface area contributed by atoms with Gasteiger partial charge in [0, 0.05) is 6.92 Å². The van der Waals surface area contributed by atoms with Crippen LogP contribution in [0, 0.1) is 5.21 Å². The Morgan fingerprint density at radius 3 is 2.50 bits per heavy atom. The van der Waals surface area contributed by atoms with Crippen molar-refractivity contribution in [3.05, 3.63) is 5.21 Å². The molecular formula is C6H11NO3. The summed E-state index contributed by atoms with van der Waals surface area (Å²) in [6, 6.07) is 0. The Labute approximate surface area is 59.7 Å². The van der Waals surface area contributed by atoms with Crippen LogP contribution in [0.4, 0.5) is 0 Å². The van der Waals surface area contributed by atoms with Gasteiger partial charge in [0.15, 0.2) is 0 Å². The maximum atomic E-state index is 10.7. The second-order valence-corrected chi connectivity index (χ2v) is 1.80. The summed E-state index contributed by atoms with van der Waals surface area (Å²) in [6.45, 7) is 3.41. The predicted octanol–water partition coefficient (Wildman–Crippen LogP) is 0.151. The molecule has 0 bridgehead atoms. The molecule has 0 N–H and O–H groups in total. The summed E-state index contributed by atoms with van der Waals surface area (Å²) >= 11 is 0. The van der Waals surface area contributed by atoms with E-state index in [4.69, 9.17) is 0 Å². The van der Waals surface area contributed by atoms with Crippen LogP contribution in [0.15, 0.2) is 0 Å². The van der Waals surface area contributed by atoms with Crippen LogP contribution in [0.25, 0.3) is 0 Å². The van der Waals surface area contributed by atoms with E-state index in [1.807, 2.05) is 0 Å². The summed E-state index contributed by atoms with van der Waals surface area (Å²) in [4.78, 5) is 10.7. The maximum absolute atomic E-state index is 10.7. The highest BCUT2D eigenvalue weighted by atomic mass is 16.5. The third kappa shape index (κ3) is 2.48. The molecule has 4 nitrogen and oxygen atoms in total. The molecule has 0 saturated heterocycles. The fraction of sp³-hybridized carbons (Fsp3) is 0.667. The molecule has 58 valence electrons. The first kappa shape index (κ1) is 8.94. The number of nitrogens with zero attached hydrogens (tertiary/aromatic N) is 1. The molecule has 0 atom stereocenters. The summed E-state index contributed by atoms with van der Waals surface area (Å²) in [5.41, 5.74) is 0.0712. The average molecular weight is 145 g/mol. The zero-order valence-corrected chi connectivity index (χ0v) is 6.38. The number of hydrogen-bond acceptors (Lipinski definition) is 3. The lowest BCUT2D eigenvalue weighted by Gasteiger charge is -2.01. The molecule has 0 aliphatic carbocycles. The lowest BCUT2D eigenvalue weighted by Crippen LogP contribution is -2.21. The topological polar surface area (TPSA) is 52.4 Å². The summed E-state index contributed by atoms with van der Waals surface area (Å²) in [7, 11) is 1.26. The first-order chi connectivity index (χ1) is 4.59. The number of carbonyl (C=O) groups excluding carboxylic acids is 1. The lowest BCUT2D eigenvalue weighted by atomic mass is 10.4. The van der Waals surface area contributed by atoms with Gasteiger partial charge in [0.2, 0.25) is 0 Å². The molecule has 0 aromatic carbocycles. The Bertz CT molecular complexity index is 158. The van der Waals surface area contributed by atoms with Gasteiger partial charge in [0.1, 0.15) is 7.05 Å². The molecule has 0 fully saturated rings. The van der Waals surface area contributed by atoms with E-state index in [1.165, 1.54) is 14.0 Å². The van der Waals surface area contributed by atoms with Crippen LogP contribution in [-0.4, -0.2) is 30.1 Å². The Balaban J connectivity index is 4.09. The van der Waals surface area contributed by atoms with E-state index in [1.54, 1.807) is 6.92 Å². The normalized spacial score (nSPS) is 12.3. The molecule has 0 heterocycles. The zero-order chi connectivity index (χ0) is 8.15. The van der Waals surface area contributed by atoms with Crippen molar-refractivity contribution in [3.8, 4) is 0 Å². The van der Waals surface area contributed by atoms with Gasteiger partial charge in [-0.15, -0.1) is 0 Å². The monoisotopic (exact) mass is 145 g/mol. The molecule has 0 aliphatic rings. The summed E-state index contributed by atoms with van der Waals surface area (Å²) in [5, 5.41) is 10.4. The van der Waals surface area contributed by atoms with Crippen molar-refractivity contribution in [2.24, 2.45) is 0 Å². The molecule has 0 amide bonds. The number of carbonyl (C=O) groups is 1. The minimum atomic E-state index is -0.556. The van der Waals surface area contributed by atoms with Gasteiger partial charge in [-0.25, -0.2) is 9.53 Å².